The average Bonchev–Trinajstić information content (AvgIpc) is 2.28. The van der Waals surface area contributed by atoms with E-state index in [1.54, 1.807) is 7.05 Å². The summed E-state index contributed by atoms with van der Waals surface area (Å²) in [6.45, 7) is 3.64. The predicted molar refractivity (Wildman–Crippen MR) is 64.8 cm³/mol. The van der Waals surface area contributed by atoms with Gasteiger partial charge in [0.2, 0.25) is 0 Å². The van der Waals surface area contributed by atoms with E-state index < -0.39 is 12.1 Å². The molecule has 1 aromatic rings. The standard InChI is InChI=1S/C12H15F3N2O2/c1-7(2)17(3)11(18)8-4-5-10(9(16)6-8)19-12(13,14)15/h4-7H,16H2,1-3H3. The number of benzene rings is 1. The number of nitrogen functional groups attached to an aromatic ring is 1. The number of anilines is 1. The average molecular weight is 276 g/mol. The van der Waals surface area contributed by atoms with Crippen LogP contribution in [0.2, 0.25) is 0 Å². The molecule has 0 saturated carbocycles. The number of amides is 1. The van der Waals surface area contributed by atoms with E-state index in [0.717, 1.165) is 6.07 Å². The molecule has 2 N–H and O–H groups in total. The molecule has 1 aromatic carbocycles. The molecule has 0 heterocycles. The van der Waals surface area contributed by atoms with Gasteiger partial charge in [-0.05, 0) is 32.0 Å². The van der Waals surface area contributed by atoms with Crippen LogP contribution in [-0.4, -0.2) is 30.3 Å². The molecule has 0 unspecified atom stereocenters. The van der Waals surface area contributed by atoms with Crippen molar-refractivity contribution in [1.82, 2.24) is 4.90 Å². The van der Waals surface area contributed by atoms with Crippen molar-refractivity contribution in [3.8, 4) is 5.75 Å². The lowest BCUT2D eigenvalue weighted by Gasteiger charge is -2.22. The van der Waals surface area contributed by atoms with Crippen LogP contribution in [0.5, 0.6) is 5.75 Å². The van der Waals surface area contributed by atoms with Crippen molar-refractivity contribution in [3.05, 3.63) is 23.8 Å². The van der Waals surface area contributed by atoms with Gasteiger partial charge in [0.15, 0.2) is 5.75 Å². The number of hydrogen-bond acceptors (Lipinski definition) is 3. The molecule has 0 saturated heterocycles. The molecule has 0 fully saturated rings. The number of nitrogens with two attached hydrogens (primary N) is 1. The van der Waals surface area contributed by atoms with Crippen LogP contribution in [0.4, 0.5) is 18.9 Å². The van der Waals surface area contributed by atoms with Gasteiger partial charge in [0.05, 0.1) is 5.69 Å². The number of nitrogens with zero attached hydrogens (tertiary/aromatic N) is 1. The van der Waals surface area contributed by atoms with Crippen LogP contribution in [0.25, 0.3) is 0 Å². The molecule has 0 atom stereocenters. The lowest BCUT2D eigenvalue weighted by molar-refractivity contribution is -0.274. The van der Waals surface area contributed by atoms with Crippen molar-refractivity contribution in [3.63, 3.8) is 0 Å². The molecule has 1 rings (SSSR count). The Balaban J connectivity index is 2.97. The summed E-state index contributed by atoms with van der Waals surface area (Å²) in [6, 6.07) is 3.42. The zero-order valence-electron chi connectivity index (χ0n) is 10.8. The summed E-state index contributed by atoms with van der Waals surface area (Å²) in [7, 11) is 1.60. The Morgan fingerprint density at radius 3 is 2.37 bits per heavy atom. The number of carbonyl (C=O) groups excluding carboxylic acids is 1. The normalized spacial score (nSPS) is 11.5. The summed E-state index contributed by atoms with van der Waals surface area (Å²) in [4.78, 5) is 13.4. The molecule has 0 aliphatic heterocycles. The van der Waals surface area contributed by atoms with Gasteiger partial charge >= 0.3 is 6.36 Å². The SMILES string of the molecule is CC(C)N(C)C(=O)c1ccc(OC(F)(F)F)c(N)c1. The van der Waals surface area contributed by atoms with E-state index in [1.165, 1.54) is 17.0 Å². The van der Waals surface area contributed by atoms with Crippen LogP contribution in [0.3, 0.4) is 0 Å². The maximum atomic E-state index is 12.1. The van der Waals surface area contributed by atoms with E-state index in [4.69, 9.17) is 5.73 Å². The van der Waals surface area contributed by atoms with E-state index >= 15 is 0 Å². The van der Waals surface area contributed by atoms with Crippen LogP contribution in [0, 0.1) is 0 Å². The first-order valence-electron chi connectivity index (χ1n) is 5.54. The highest BCUT2D eigenvalue weighted by Gasteiger charge is 2.32. The van der Waals surface area contributed by atoms with Gasteiger partial charge in [-0.15, -0.1) is 13.2 Å². The minimum atomic E-state index is -4.81. The van der Waals surface area contributed by atoms with Crippen LogP contribution in [-0.2, 0) is 0 Å². The van der Waals surface area contributed by atoms with E-state index in [9.17, 15) is 18.0 Å². The molecular formula is C12H15F3N2O2. The zero-order chi connectivity index (χ0) is 14.8. The highest BCUT2D eigenvalue weighted by atomic mass is 19.4. The van der Waals surface area contributed by atoms with Crippen LogP contribution < -0.4 is 10.5 Å². The summed E-state index contributed by atoms with van der Waals surface area (Å²) >= 11 is 0. The fourth-order valence-corrected chi connectivity index (χ4v) is 1.34. The summed E-state index contributed by atoms with van der Waals surface area (Å²) < 4.78 is 39.9. The lowest BCUT2D eigenvalue weighted by Crippen LogP contribution is -2.33. The van der Waals surface area contributed by atoms with Crippen LogP contribution in [0.15, 0.2) is 18.2 Å². The van der Waals surface area contributed by atoms with Crippen molar-refractivity contribution in [2.24, 2.45) is 0 Å². The Kier molecular flexibility index (Phi) is 4.28. The highest BCUT2D eigenvalue weighted by molar-refractivity contribution is 5.95. The van der Waals surface area contributed by atoms with Crippen LogP contribution in [0.1, 0.15) is 24.2 Å². The lowest BCUT2D eigenvalue weighted by atomic mass is 10.1. The predicted octanol–water partition coefficient (Wildman–Crippen LogP) is 2.65. The van der Waals surface area contributed by atoms with Crippen LogP contribution >= 0.6 is 0 Å². The number of ether oxygens (including phenoxy) is 1. The van der Waals surface area contributed by atoms with E-state index in [2.05, 4.69) is 4.74 Å². The molecule has 4 nitrogen and oxygen atoms in total. The molecule has 0 spiro atoms. The summed E-state index contributed by atoms with van der Waals surface area (Å²) in [5.74, 6) is -0.837. The van der Waals surface area contributed by atoms with Gasteiger partial charge in [0, 0.05) is 18.7 Å². The molecule has 7 heteroatoms. The third kappa shape index (κ3) is 4.04. The fourth-order valence-electron chi connectivity index (χ4n) is 1.34. The second-order valence-corrected chi connectivity index (χ2v) is 4.31. The largest absolute Gasteiger partial charge is 0.573 e. The Morgan fingerprint density at radius 1 is 1.37 bits per heavy atom. The Morgan fingerprint density at radius 2 is 1.95 bits per heavy atom. The highest BCUT2D eigenvalue weighted by Crippen LogP contribution is 2.29. The smallest absolute Gasteiger partial charge is 0.404 e. The Hall–Kier alpha value is -1.92. The maximum absolute atomic E-state index is 12.1. The summed E-state index contributed by atoms with van der Waals surface area (Å²) in [5, 5.41) is 0. The molecule has 0 aromatic heterocycles. The Bertz CT molecular complexity index is 473. The van der Waals surface area contributed by atoms with Gasteiger partial charge in [0.25, 0.3) is 5.91 Å². The second-order valence-electron chi connectivity index (χ2n) is 4.31. The number of carbonyl (C=O) groups is 1. The van der Waals surface area contributed by atoms with Gasteiger partial charge in [-0.2, -0.15) is 0 Å². The molecule has 0 radical (unpaired) electrons. The molecule has 0 aliphatic carbocycles. The van der Waals surface area contributed by atoms with E-state index in [-0.39, 0.29) is 23.2 Å². The number of rotatable bonds is 3. The molecule has 0 aliphatic rings. The molecule has 106 valence electrons. The van der Waals surface area contributed by atoms with E-state index in [1.807, 2.05) is 13.8 Å². The quantitative estimate of drug-likeness (QED) is 0.863. The number of hydrogen-bond donors (Lipinski definition) is 1. The molecule has 19 heavy (non-hydrogen) atoms. The summed E-state index contributed by atoms with van der Waals surface area (Å²) in [5.41, 5.74) is 5.42. The molecule has 1 amide bonds. The maximum Gasteiger partial charge on any atom is 0.573 e. The fraction of sp³-hybridized carbons (Fsp3) is 0.417. The van der Waals surface area contributed by atoms with Gasteiger partial charge < -0.3 is 15.4 Å². The monoisotopic (exact) mass is 276 g/mol. The van der Waals surface area contributed by atoms with Crippen molar-refractivity contribution in [1.29, 1.82) is 0 Å². The third-order valence-electron chi connectivity index (χ3n) is 2.58. The topological polar surface area (TPSA) is 55.6 Å². The van der Waals surface area contributed by atoms with Gasteiger partial charge in [0.1, 0.15) is 0 Å². The first-order chi connectivity index (χ1) is 8.61. The van der Waals surface area contributed by atoms with Gasteiger partial charge in [-0.1, -0.05) is 0 Å². The van der Waals surface area contributed by atoms with Crippen molar-refractivity contribution in [2.45, 2.75) is 26.3 Å². The molecule has 0 bridgehead atoms. The van der Waals surface area contributed by atoms with E-state index in [0.29, 0.717) is 0 Å². The summed E-state index contributed by atoms with van der Waals surface area (Å²) in [6.07, 6.45) is -4.81. The minimum Gasteiger partial charge on any atom is -0.404 e. The molecular weight excluding hydrogens is 261 g/mol. The Labute approximate surface area is 108 Å². The van der Waals surface area contributed by atoms with Gasteiger partial charge in [-0.25, -0.2) is 0 Å². The number of alkyl halides is 3. The van der Waals surface area contributed by atoms with Crippen molar-refractivity contribution < 1.29 is 22.7 Å². The first kappa shape index (κ1) is 15.1. The second kappa shape index (κ2) is 5.38. The first-order valence-corrected chi connectivity index (χ1v) is 5.54. The zero-order valence-corrected chi connectivity index (χ0v) is 10.8. The van der Waals surface area contributed by atoms with Gasteiger partial charge in [-0.3, -0.25) is 4.79 Å². The van der Waals surface area contributed by atoms with Crippen molar-refractivity contribution in [2.75, 3.05) is 12.8 Å². The minimum absolute atomic E-state index is 0.0279. The third-order valence-corrected chi connectivity index (χ3v) is 2.58. The van der Waals surface area contributed by atoms with Crippen molar-refractivity contribution >= 4 is 11.6 Å². The number of halogens is 3.